The summed E-state index contributed by atoms with van der Waals surface area (Å²) >= 11 is 0. The van der Waals surface area contributed by atoms with Crippen molar-refractivity contribution in [3.8, 4) is 34.9 Å². The van der Waals surface area contributed by atoms with Crippen LogP contribution in [0.2, 0.25) is 0 Å². The van der Waals surface area contributed by atoms with Crippen molar-refractivity contribution >= 4 is 53.5 Å². The van der Waals surface area contributed by atoms with E-state index in [4.69, 9.17) is 35.7 Å². The molecule has 1 aliphatic rings. The number of hydrogen-bond donors (Lipinski definition) is 7. The highest BCUT2D eigenvalue weighted by atomic mass is 16.4. The zero-order chi connectivity index (χ0) is 72.4. The van der Waals surface area contributed by atoms with Crippen LogP contribution in [0.1, 0.15) is 97.8 Å². The largest absolute Gasteiger partial charge is 0.477 e. The topological polar surface area (TPSA) is 556 Å². The summed E-state index contributed by atoms with van der Waals surface area (Å²) in [6.07, 6.45) is 32.8. The van der Waals surface area contributed by atoms with E-state index in [9.17, 15) is 38.4 Å². The van der Waals surface area contributed by atoms with Crippen LogP contribution in [-0.4, -0.2) is 212 Å². The molecule has 510 valence electrons. The van der Waals surface area contributed by atoms with Crippen LogP contribution in [0.15, 0.2) is 192 Å². The van der Waals surface area contributed by atoms with E-state index in [1.54, 1.807) is 103 Å². The lowest BCUT2D eigenvalue weighted by Crippen LogP contribution is -2.25. The zero-order valence-electron chi connectivity index (χ0n) is 52.0. The van der Waals surface area contributed by atoms with Gasteiger partial charge in [0.2, 0.25) is 5.91 Å². The zero-order valence-corrected chi connectivity index (χ0v) is 52.0. The minimum absolute atomic E-state index is 0.0105. The Morgan fingerprint density at radius 3 is 1.08 bits per heavy atom. The number of nitrogens with zero attached hydrogens (tertiary/aromatic N) is 26. The molecule has 101 heavy (non-hydrogen) atoms. The molecule has 13 aromatic heterocycles. The second-order valence-electron chi connectivity index (χ2n) is 19.4. The maximum Gasteiger partial charge on any atom is 0.354 e. The van der Waals surface area contributed by atoms with Gasteiger partial charge in [-0.2, -0.15) is 5.10 Å². The smallest absolute Gasteiger partial charge is 0.354 e. The number of aromatic nitrogens is 25. The molecule has 0 spiro atoms. The lowest BCUT2D eigenvalue weighted by molar-refractivity contribution is -0.117. The second kappa shape index (κ2) is 34.7. The van der Waals surface area contributed by atoms with Gasteiger partial charge in [-0.25, -0.2) is 128 Å². The van der Waals surface area contributed by atoms with E-state index in [2.05, 4.69) is 94.8 Å². The molecule has 0 atom stereocenters. The molecule has 14 heterocycles. The Bertz CT molecular complexity index is 4620. The van der Waals surface area contributed by atoms with Crippen molar-refractivity contribution in [2.45, 2.75) is 26.7 Å². The van der Waals surface area contributed by atoms with Crippen molar-refractivity contribution in [1.29, 1.82) is 0 Å². The molecule has 13 aromatic rings. The Morgan fingerprint density at radius 1 is 0.356 bits per heavy atom. The van der Waals surface area contributed by atoms with Crippen molar-refractivity contribution in [1.82, 2.24) is 122 Å². The van der Waals surface area contributed by atoms with E-state index >= 15 is 0 Å². The predicted molar refractivity (Wildman–Crippen MR) is 339 cm³/mol. The molecule has 7 N–H and O–H groups in total. The number of hydrogen-bond acceptors (Lipinski definition) is 27. The van der Waals surface area contributed by atoms with Gasteiger partial charge in [0, 0.05) is 124 Å². The van der Waals surface area contributed by atoms with Crippen LogP contribution in [0.3, 0.4) is 0 Å². The summed E-state index contributed by atoms with van der Waals surface area (Å²) in [5.41, 5.74) is 0.534. The molecular formula is C60H50N26O15. The van der Waals surface area contributed by atoms with E-state index in [1.165, 1.54) is 103 Å². The Labute approximate surface area is 564 Å². The summed E-state index contributed by atoms with van der Waals surface area (Å²) in [5.74, 6) is -3.55. The van der Waals surface area contributed by atoms with Crippen LogP contribution in [0.5, 0.6) is 0 Å². The standard InChI is InChI=1S/2C9H8N4O2.C9H9N3O3.C9H7N3O2.3C8H6N4O2/c1-6-3-13(5-12-6)8-2-7(9(14)15)10-4-11-8;1-6-10-2-3-13(6)8-4-7(9(14)15)11-5-12-8;13-8-2-1-3-12(8)7-4-6(9(14)15)10-5-11-7;13-9(14)7-5-8(11-6-10-7)12-3-1-2-4-12;2*13-8(14)6-3-7(11-4-10-6)12-2-1-9-5-12;13-8(14)6-4-7(10-5-9-6)12-3-1-2-11-12/h2*2-5H,1H3,(H,14,15);4-5H,1-3H2,(H,14,15);1-6H,(H,13,14);3*1-5H,(H,13,14). The van der Waals surface area contributed by atoms with Crippen molar-refractivity contribution in [2.24, 2.45) is 0 Å². The molecule has 1 aliphatic heterocycles. The number of rotatable bonds is 14. The average molecular weight is 1380 g/mol. The first-order valence-electron chi connectivity index (χ1n) is 28.4. The fourth-order valence-corrected chi connectivity index (χ4v) is 7.96. The Morgan fingerprint density at radius 2 is 0.733 bits per heavy atom. The Balaban J connectivity index is 0.000000150. The highest BCUT2D eigenvalue weighted by Crippen LogP contribution is 2.19. The average Bonchev–Trinajstić information content (AvgIpc) is 1.61. The lowest BCUT2D eigenvalue weighted by Gasteiger charge is -2.13. The number of amides is 1. The van der Waals surface area contributed by atoms with Gasteiger partial charge in [0.25, 0.3) is 0 Å². The molecule has 0 saturated carbocycles. The molecule has 0 aromatic carbocycles. The minimum Gasteiger partial charge on any atom is -0.477 e. The molecule has 14 rings (SSSR count). The SMILES string of the molecule is Cc1cn(-c2cc(C(=O)O)ncn2)cn1.Cc1nccn1-c1cc(C(=O)O)ncn1.O=C(O)c1cc(-n2cccc2)ncn1.O=C(O)c1cc(-n2cccn2)ncn1.O=C(O)c1cc(-n2ccnc2)ncn1.O=C(O)c1cc(-n2ccnc2)ncn1.O=C(O)c1cc(N2CCCC2=O)ncn1. The van der Waals surface area contributed by atoms with E-state index in [-0.39, 0.29) is 45.8 Å². The third kappa shape index (κ3) is 20.6. The van der Waals surface area contributed by atoms with Crippen molar-refractivity contribution in [3.05, 3.63) is 243 Å². The Kier molecular flexibility index (Phi) is 24.6. The molecular weight excluding hydrogens is 1320 g/mol. The van der Waals surface area contributed by atoms with Gasteiger partial charge in [0.1, 0.15) is 104 Å². The van der Waals surface area contributed by atoms with Gasteiger partial charge >= 0.3 is 41.8 Å². The predicted octanol–water partition coefficient (Wildman–Crippen LogP) is 3.69. The van der Waals surface area contributed by atoms with E-state index in [0.717, 1.165) is 24.3 Å². The number of imidazole rings is 4. The van der Waals surface area contributed by atoms with Gasteiger partial charge in [0.05, 0.1) is 5.69 Å². The fourth-order valence-electron chi connectivity index (χ4n) is 7.96. The first-order valence-corrected chi connectivity index (χ1v) is 28.4. The van der Waals surface area contributed by atoms with E-state index in [1.807, 2.05) is 26.0 Å². The highest BCUT2D eigenvalue weighted by Gasteiger charge is 2.24. The normalized spacial score (nSPS) is 10.9. The van der Waals surface area contributed by atoms with Gasteiger partial charge in [-0.15, -0.1) is 0 Å². The van der Waals surface area contributed by atoms with Crippen molar-refractivity contribution in [3.63, 3.8) is 0 Å². The number of carbonyl (C=O) groups excluding carboxylic acids is 1. The van der Waals surface area contributed by atoms with Gasteiger partial charge < -0.3 is 40.3 Å². The van der Waals surface area contributed by atoms with Crippen LogP contribution in [0.25, 0.3) is 34.9 Å². The molecule has 1 amide bonds. The molecule has 1 saturated heterocycles. The monoisotopic (exact) mass is 1370 g/mol. The number of carboxylic acids is 7. The number of aryl methyl sites for hydroxylation is 2. The number of aromatic carboxylic acids is 7. The van der Waals surface area contributed by atoms with Crippen LogP contribution in [0, 0.1) is 13.8 Å². The molecule has 0 bridgehead atoms. The summed E-state index contributed by atoms with van der Waals surface area (Å²) < 4.78 is 9.72. The molecule has 0 aliphatic carbocycles. The maximum atomic E-state index is 11.4. The third-order valence-corrected chi connectivity index (χ3v) is 12.6. The van der Waals surface area contributed by atoms with Gasteiger partial charge in [0.15, 0.2) is 45.7 Å². The molecule has 0 radical (unpaired) electrons. The van der Waals surface area contributed by atoms with Gasteiger partial charge in [-0.1, -0.05) is 0 Å². The molecule has 41 heteroatoms. The summed E-state index contributed by atoms with van der Waals surface area (Å²) in [6.45, 7) is 4.24. The quantitative estimate of drug-likeness (QED) is 0.0816. The van der Waals surface area contributed by atoms with Gasteiger partial charge in [-0.05, 0) is 38.5 Å². The number of carboxylic acid groups (broad SMARTS) is 7. The Hall–Kier alpha value is -15.4. The van der Waals surface area contributed by atoms with Crippen LogP contribution >= 0.6 is 0 Å². The molecule has 1 fully saturated rings. The number of anilines is 1. The summed E-state index contributed by atoms with van der Waals surface area (Å²) in [5, 5.41) is 64.9. The summed E-state index contributed by atoms with van der Waals surface area (Å²) in [7, 11) is 0. The minimum atomic E-state index is -1.12. The van der Waals surface area contributed by atoms with Crippen LogP contribution in [-0.2, 0) is 4.79 Å². The summed E-state index contributed by atoms with van der Waals surface area (Å²) in [6, 6.07) is 15.0. The molecule has 0 unspecified atom stereocenters. The fraction of sp³-hybridized carbons (Fsp3) is 0.0833. The first kappa shape index (κ1) is 71.5. The summed E-state index contributed by atoms with van der Waals surface area (Å²) in [4.78, 5) is 156. The number of carbonyl (C=O) groups is 8. The second-order valence-corrected chi connectivity index (χ2v) is 19.4. The van der Waals surface area contributed by atoms with Crippen LogP contribution < -0.4 is 4.90 Å². The van der Waals surface area contributed by atoms with E-state index < -0.39 is 41.8 Å². The lowest BCUT2D eigenvalue weighted by atomic mass is 10.4. The van der Waals surface area contributed by atoms with E-state index in [0.29, 0.717) is 53.7 Å². The third-order valence-electron chi connectivity index (χ3n) is 12.6. The van der Waals surface area contributed by atoms with Crippen molar-refractivity contribution in [2.75, 3.05) is 11.4 Å². The maximum absolute atomic E-state index is 11.4. The molecule has 41 nitrogen and oxygen atoms in total. The van der Waals surface area contributed by atoms with Gasteiger partial charge in [-0.3, -0.25) is 28.0 Å². The highest BCUT2D eigenvalue weighted by molar-refractivity contribution is 5.95. The van der Waals surface area contributed by atoms with Crippen LogP contribution in [0.4, 0.5) is 5.82 Å². The van der Waals surface area contributed by atoms with Crippen molar-refractivity contribution < 1.29 is 74.1 Å². The first-order chi connectivity index (χ1) is 48.6.